The molecule has 0 aromatic carbocycles. The lowest BCUT2D eigenvalue weighted by molar-refractivity contribution is -0.487. The minimum Gasteiger partial charge on any atom is -0.741 e. The predicted octanol–water partition coefficient (Wildman–Crippen LogP) is 1.51. The minimum atomic E-state index is -6.09. The molecule has 0 aromatic rings. The molecule has 0 aliphatic carbocycles. The Morgan fingerprint density at radius 2 is 1.59 bits per heavy atom. The molecule has 1 N–H and O–H groups in total. The van der Waals surface area contributed by atoms with E-state index in [9.17, 15) is 13.2 Å². The number of hydrogen-bond acceptors (Lipinski definition) is 7. The molecular formula is C14H29F3N2O6SSi. The molecule has 8 nitrogen and oxygen atoms in total. The van der Waals surface area contributed by atoms with Crippen LogP contribution in [0.25, 0.3) is 0 Å². The zero-order chi connectivity index (χ0) is 21.1. The van der Waals surface area contributed by atoms with Crippen molar-refractivity contribution in [2.75, 3.05) is 40.0 Å². The van der Waals surface area contributed by atoms with Crippen molar-refractivity contribution in [3.8, 4) is 0 Å². The summed E-state index contributed by atoms with van der Waals surface area (Å²) in [5, 5.41) is 3.42. The van der Waals surface area contributed by atoms with Gasteiger partial charge in [-0.1, -0.05) is 0 Å². The van der Waals surface area contributed by atoms with Crippen molar-refractivity contribution in [1.82, 2.24) is 5.32 Å². The van der Waals surface area contributed by atoms with Crippen LogP contribution < -0.4 is 5.32 Å². The normalized spacial score (nSPS) is 15.4. The highest BCUT2D eigenvalue weighted by Gasteiger charge is 2.40. The fourth-order valence-electron chi connectivity index (χ4n) is 2.39. The highest BCUT2D eigenvalue weighted by molar-refractivity contribution is 7.86. The largest absolute Gasteiger partial charge is 0.741 e. The number of rotatable bonds is 10. The molecule has 162 valence electrons. The highest BCUT2D eigenvalue weighted by Crippen LogP contribution is 2.20. The molecule has 13 heteroatoms. The molecule has 0 bridgehead atoms. The van der Waals surface area contributed by atoms with Crippen LogP contribution in [0.5, 0.6) is 0 Å². The predicted molar refractivity (Wildman–Crippen MR) is 94.5 cm³/mol. The van der Waals surface area contributed by atoms with Gasteiger partial charge < -0.3 is 17.8 Å². The summed E-state index contributed by atoms with van der Waals surface area (Å²) in [6, 6.07) is 0.890. The van der Waals surface area contributed by atoms with Gasteiger partial charge in [-0.25, -0.2) is 8.42 Å². The number of halogens is 3. The Kier molecular flexibility index (Phi) is 11.6. The maximum Gasteiger partial charge on any atom is 0.500 e. The van der Waals surface area contributed by atoms with E-state index >= 15 is 0 Å². The van der Waals surface area contributed by atoms with Crippen LogP contribution in [0.2, 0.25) is 6.04 Å². The van der Waals surface area contributed by atoms with Gasteiger partial charge in [0.15, 0.2) is 10.1 Å². The van der Waals surface area contributed by atoms with Crippen LogP contribution in [0.1, 0.15) is 33.6 Å². The van der Waals surface area contributed by atoms with E-state index in [2.05, 4.69) is 16.9 Å². The zero-order valence-corrected chi connectivity index (χ0v) is 17.9. The molecule has 0 atom stereocenters. The summed E-state index contributed by atoms with van der Waals surface area (Å²) in [6.45, 7) is 10.1. The summed E-state index contributed by atoms with van der Waals surface area (Å²) >= 11 is 0. The molecular weight excluding hydrogens is 409 g/mol. The van der Waals surface area contributed by atoms with E-state index in [1.54, 1.807) is 0 Å². The summed E-state index contributed by atoms with van der Waals surface area (Å²) in [4.78, 5) is 0. The van der Waals surface area contributed by atoms with Gasteiger partial charge in [-0.2, -0.15) is 13.2 Å². The first-order valence-corrected chi connectivity index (χ1v) is 12.0. The molecule has 0 amide bonds. The third-order valence-corrected chi connectivity index (χ3v) is 7.23. The SMILES string of the molecule is CCO[Si](CCCC1=[N+](C)CCN1)(OCC)OCC.O=S(=O)([O-])C(F)(F)F. The number of likely N-dealkylation sites (N-methyl/N-ethyl adjacent to an activating group) is 1. The number of nitrogens with zero attached hydrogens (tertiary/aromatic N) is 1. The summed E-state index contributed by atoms with van der Waals surface area (Å²) in [5.74, 6) is 1.33. The summed E-state index contributed by atoms with van der Waals surface area (Å²) in [7, 11) is -6.41. The average molecular weight is 439 g/mol. The van der Waals surface area contributed by atoms with Gasteiger partial charge in [-0.3, -0.25) is 9.89 Å². The first-order chi connectivity index (χ1) is 12.4. The second-order valence-electron chi connectivity index (χ2n) is 5.53. The molecule has 1 heterocycles. The van der Waals surface area contributed by atoms with E-state index in [-0.39, 0.29) is 0 Å². The lowest BCUT2D eigenvalue weighted by Crippen LogP contribution is -2.46. The maximum absolute atomic E-state index is 10.7. The van der Waals surface area contributed by atoms with Gasteiger partial charge in [0.1, 0.15) is 13.1 Å². The minimum absolute atomic E-state index is 0.654. The van der Waals surface area contributed by atoms with Crippen LogP contribution in [0.3, 0.4) is 0 Å². The number of amidine groups is 1. The van der Waals surface area contributed by atoms with Crippen LogP contribution in [-0.4, -0.2) is 77.7 Å². The Balaban J connectivity index is 0.000000713. The average Bonchev–Trinajstić information content (AvgIpc) is 2.92. The molecule has 1 rings (SSSR count). The van der Waals surface area contributed by atoms with Gasteiger partial charge >= 0.3 is 14.3 Å². The van der Waals surface area contributed by atoms with Crippen molar-refractivity contribution in [2.45, 2.75) is 45.2 Å². The third-order valence-electron chi connectivity index (χ3n) is 3.51. The summed E-state index contributed by atoms with van der Waals surface area (Å²) < 4.78 is 78.7. The number of hydrogen-bond donors (Lipinski definition) is 1. The topological polar surface area (TPSA) is 99.9 Å². The Bertz CT molecular complexity index is 555. The Hall–Kier alpha value is -0.733. The molecule has 27 heavy (non-hydrogen) atoms. The van der Waals surface area contributed by atoms with Crippen LogP contribution in [0.15, 0.2) is 0 Å². The van der Waals surface area contributed by atoms with Crippen molar-refractivity contribution in [2.24, 2.45) is 0 Å². The van der Waals surface area contributed by atoms with Crippen molar-refractivity contribution in [1.29, 1.82) is 0 Å². The van der Waals surface area contributed by atoms with Gasteiger partial charge in [-0.05, 0) is 27.2 Å². The quantitative estimate of drug-likeness (QED) is 0.239. The molecule has 1 aliphatic heterocycles. The molecule has 0 saturated carbocycles. The van der Waals surface area contributed by atoms with Gasteiger partial charge in [0.2, 0.25) is 5.84 Å². The second-order valence-corrected chi connectivity index (χ2v) is 9.63. The zero-order valence-electron chi connectivity index (χ0n) is 16.1. The third kappa shape index (κ3) is 9.85. The van der Waals surface area contributed by atoms with Crippen molar-refractivity contribution in [3.05, 3.63) is 0 Å². The highest BCUT2D eigenvalue weighted by atomic mass is 32.2. The molecule has 0 unspecified atom stereocenters. The van der Waals surface area contributed by atoms with E-state index in [4.69, 9.17) is 26.2 Å². The molecule has 0 saturated heterocycles. The van der Waals surface area contributed by atoms with E-state index in [1.807, 2.05) is 20.8 Å². The summed E-state index contributed by atoms with van der Waals surface area (Å²) in [6.07, 6.45) is 2.08. The smallest absolute Gasteiger partial charge is 0.500 e. The Labute approximate surface area is 159 Å². The van der Waals surface area contributed by atoms with E-state index in [1.165, 1.54) is 5.84 Å². The Morgan fingerprint density at radius 3 is 1.89 bits per heavy atom. The fourth-order valence-corrected chi connectivity index (χ4v) is 5.00. The number of nitrogens with one attached hydrogen (secondary N) is 1. The first kappa shape index (κ1) is 26.3. The van der Waals surface area contributed by atoms with E-state index < -0.39 is 24.4 Å². The van der Waals surface area contributed by atoms with Crippen molar-refractivity contribution in [3.63, 3.8) is 0 Å². The van der Waals surface area contributed by atoms with Crippen LogP contribution in [-0.2, 0) is 23.4 Å². The molecule has 0 radical (unpaired) electrons. The molecule has 1 aliphatic rings. The van der Waals surface area contributed by atoms with Gasteiger partial charge in [0.05, 0.1) is 7.05 Å². The van der Waals surface area contributed by atoms with Gasteiger partial charge in [-0.15, -0.1) is 0 Å². The standard InChI is InChI=1S/C13H28N2O3Si.CHF3O3S/c1-5-16-19(17-6-2,18-7-3)12-8-9-13-14-10-11-15(13)4;2-1(3,4)8(5,6)7/h5-12H2,1-4H3;(H,5,6,7). The summed E-state index contributed by atoms with van der Waals surface area (Å²) in [5.41, 5.74) is -5.65. The maximum atomic E-state index is 10.7. The van der Waals surface area contributed by atoms with Crippen molar-refractivity contribution < 1.29 is 44.0 Å². The number of alkyl halides is 3. The molecule has 0 aromatic heterocycles. The monoisotopic (exact) mass is 438 g/mol. The van der Waals surface area contributed by atoms with Crippen LogP contribution in [0.4, 0.5) is 13.2 Å². The fraction of sp³-hybridized carbons (Fsp3) is 0.929. The second kappa shape index (κ2) is 12.0. The van der Waals surface area contributed by atoms with Gasteiger partial charge in [0, 0.05) is 32.3 Å². The van der Waals surface area contributed by atoms with Crippen LogP contribution >= 0.6 is 0 Å². The molecule has 0 spiro atoms. The van der Waals surface area contributed by atoms with Crippen molar-refractivity contribution >= 4 is 24.8 Å². The van der Waals surface area contributed by atoms with Crippen LogP contribution in [0, 0.1) is 0 Å². The Morgan fingerprint density at radius 1 is 1.15 bits per heavy atom. The molecule has 0 fully saturated rings. The van der Waals surface area contributed by atoms with Gasteiger partial charge in [0.25, 0.3) is 0 Å². The van der Waals surface area contributed by atoms with E-state index in [0.717, 1.165) is 32.0 Å². The van der Waals surface area contributed by atoms with E-state index in [0.29, 0.717) is 19.8 Å². The first-order valence-electron chi connectivity index (χ1n) is 8.67. The lowest BCUT2D eigenvalue weighted by Gasteiger charge is -2.28. The lowest BCUT2D eigenvalue weighted by atomic mass is 10.3.